The summed E-state index contributed by atoms with van der Waals surface area (Å²) < 4.78 is 32.0. The number of hydrogen-bond donors (Lipinski definition) is 1. The Bertz CT molecular complexity index is 1640. The van der Waals surface area contributed by atoms with Crippen LogP contribution >= 0.6 is 11.6 Å². The lowest BCUT2D eigenvalue weighted by molar-refractivity contribution is -0.0366. The number of hydrogen-bond acceptors (Lipinski definition) is 5. The Labute approximate surface area is 255 Å². The van der Waals surface area contributed by atoms with Crippen LogP contribution < -0.4 is 4.90 Å². The van der Waals surface area contributed by atoms with Gasteiger partial charge in [-0.25, -0.2) is 18.4 Å². The summed E-state index contributed by atoms with van der Waals surface area (Å²) >= 11 is 6.14. The summed E-state index contributed by atoms with van der Waals surface area (Å²) in [6, 6.07) is 16.5. The number of aromatic nitrogens is 5. The fourth-order valence-corrected chi connectivity index (χ4v) is 5.76. The number of aliphatic hydroxyl groups is 1. The first kappa shape index (κ1) is 30.6. The van der Waals surface area contributed by atoms with E-state index in [-0.39, 0.29) is 12.1 Å². The fourth-order valence-electron chi connectivity index (χ4n) is 5.64. The second-order valence-electron chi connectivity index (χ2n) is 11.2. The van der Waals surface area contributed by atoms with E-state index in [1.54, 1.807) is 11.6 Å². The Morgan fingerprint density at radius 2 is 1.79 bits per heavy atom. The van der Waals surface area contributed by atoms with Gasteiger partial charge in [0.2, 0.25) is 0 Å². The third-order valence-electron chi connectivity index (χ3n) is 8.47. The van der Waals surface area contributed by atoms with Crippen molar-refractivity contribution in [3.63, 3.8) is 0 Å². The summed E-state index contributed by atoms with van der Waals surface area (Å²) in [5, 5.41) is 22.5. The molecule has 2 heterocycles. The first-order chi connectivity index (χ1) is 20.7. The Hall–Kier alpha value is -3.82. The van der Waals surface area contributed by atoms with E-state index < -0.39 is 23.3 Å². The van der Waals surface area contributed by atoms with E-state index in [0.29, 0.717) is 10.9 Å². The van der Waals surface area contributed by atoms with Gasteiger partial charge in [-0.15, -0.1) is 0 Å². The van der Waals surface area contributed by atoms with Crippen LogP contribution in [-0.4, -0.2) is 36.2 Å². The van der Waals surface area contributed by atoms with Crippen molar-refractivity contribution >= 4 is 28.2 Å². The van der Waals surface area contributed by atoms with Gasteiger partial charge in [-0.2, -0.15) is 10.2 Å². The molecule has 0 amide bonds. The van der Waals surface area contributed by atoms with Crippen molar-refractivity contribution in [2.75, 3.05) is 11.4 Å². The minimum atomic E-state index is -1.81. The number of halogens is 3. The van der Waals surface area contributed by atoms with E-state index in [9.17, 15) is 9.50 Å². The SMILES string of the molecule is CCC(CC)CCN(Cc1ccc(Cl)cc1)c1ccc2nn([C@H](C)[C@](O)(Cn3cncn3)c3ccc(F)cc3F)cc2c1. The number of anilines is 1. The number of benzene rings is 3. The molecule has 0 aliphatic carbocycles. The zero-order chi connectivity index (χ0) is 30.6. The van der Waals surface area contributed by atoms with E-state index in [1.807, 2.05) is 24.4 Å². The third-order valence-corrected chi connectivity index (χ3v) is 8.73. The first-order valence-electron chi connectivity index (χ1n) is 14.7. The van der Waals surface area contributed by atoms with Crippen molar-refractivity contribution in [3.8, 4) is 0 Å². The van der Waals surface area contributed by atoms with E-state index in [4.69, 9.17) is 16.7 Å². The van der Waals surface area contributed by atoms with Crippen molar-refractivity contribution in [1.29, 1.82) is 0 Å². The molecule has 0 radical (unpaired) electrons. The van der Waals surface area contributed by atoms with Crippen LogP contribution in [0.25, 0.3) is 10.9 Å². The van der Waals surface area contributed by atoms with Crippen LogP contribution in [0.3, 0.4) is 0 Å². The van der Waals surface area contributed by atoms with Gasteiger partial charge in [0, 0.05) is 47.0 Å². The Balaban J connectivity index is 1.49. The minimum Gasteiger partial charge on any atom is -0.381 e. The van der Waals surface area contributed by atoms with Gasteiger partial charge in [0.15, 0.2) is 0 Å². The molecule has 5 aromatic rings. The van der Waals surface area contributed by atoms with Crippen LogP contribution in [0.1, 0.15) is 57.2 Å². The van der Waals surface area contributed by atoms with E-state index in [0.717, 1.165) is 66.6 Å². The highest BCUT2D eigenvalue weighted by atomic mass is 35.5. The van der Waals surface area contributed by atoms with Crippen LogP contribution in [-0.2, 0) is 18.7 Å². The molecule has 5 rings (SSSR count). The van der Waals surface area contributed by atoms with Gasteiger partial charge in [-0.3, -0.25) is 4.68 Å². The second kappa shape index (κ2) is 13.2. The summed E-state index contributed by atoms with van der Waals surface area (Å²) in [4.78, 5) is 6.33. The van der Waals surface area contributed by atoms with Crippen LogP contribution in [0.2, 0.25) is 5.02 Å². The maximum absolute atomic E-state index is 15.1. The molecule has 2 atom stereocenters. The molecule has 0 spiro atoms. The molecule has 2 aromatic heterocycles. The lowest BCUT2D eigenvalue weighted by Crippen LogP contribution is -2.40. The Kier molecular flexibility index (Phi) is 9.42. The molecule has 0 aliphatic heterocycles. The van der Waals surface area contributed by atoms with Crippen molar-refractivity contribution in [2.24, 2.45) is 5.92 Å². The summed E-state index contributed by atoms with van der Waals surface area (Å²) in [5.74, 6) is -0.917. The number of rotatable bonds is 13. The average molecular weight is 607 g/mol. The average Bonchev–Trinajstić information content (AvgIpc) is 3.67. The van der Waals surface area contributed by atoms with Gasteiger partial charge >= 0.3 is 0 Å². The Morgan fingerprint density at radius 3 is 2.47 bits per heavy atom. The third kappa shape index (κ3) is 6.89. The molecule has 1 N–H and O–H groups in total. The van der Waals surface area contributed by atoms with E-state index in [1.165, 1.54) is 23.4 Å². The molecular weight excluding hydrogens is 570 g/mol. The largest absolute Gasteiger partial charge is 0.381 e. The molecule has 0 unspecified atom stereocenters. The topological polar surface area (TPSA) is 72.0 Å². The quantitative estimate of drug-likeness (QED) is 0.150. The normalized spacial score (nSPS) is 13.9. The number of nitrogens with zero attached hydrogens (tertiary/aromatic N) is 6. The van der Waals surface area contributed by atoms with Crippen molar-refractivity contribution in [3.05, 3.63) is 107 Å². The highest BCUT2D eigenvalue weighted by Gasteiger charge is 2.41. The lowest BCUT2D eigenvalue weighted by Gasteiger charge is -2.34. The molecule has 3 aromatic carbocycles. The van der Waals surface area contributed by atoms with Gasteiger partial charge in [-0.1, -0.05) is 56.5 Å². The molecule has 0 fully saturated rings. The summed E-state index contributed by atoms with van der Waals surface area (Å²) in [6.07, 6.45) is 8.01. The van der Waals surface area contributed by atoms with Crippen LogP contribution in [0.4, 0.5) is 14.5 Å². The molecule has 0 bridgehead atoms. The predicted molar refractivity (Wildman–Crippen MR) is 166 cm³/mol. The van der Waals surface area contributed by atoms with Crippen LogP contribution in [0.5, 0.6) is 0 Å². The standard InChI is InChI=1S/C33H37ClF2N6O/c1-4-24(5-2)14-15-40(18-25-6-8-27(34)9-7-25)29-11-13-32-26(16-29)19-42(39-32)23(3)33(43,20-41-22-37-21-38-41)30-12-10-28(35)17-31(30)36/h6-13,16-17,19,21-24,43H,4-5,14-15,18,20H2,1-3H3/t23-,33-/m1/s1. The summed E-state index contributed by atoms with van der Waals surface area (Å²) in [5.41, 5.74) is 1.10. The summed E-state index contributed by atoms with van der Waals surface area (Å²) in [7, 11) is 0. The lowest BCUT2D eigenvalue weighted by atomic mass is 9.86. The van der Waals surface area contributed by atoms with Crippen molar-refractivity contribution in [1.82, 2.24) is 24.5 Å². The van der Waals surface area contributed by atoms with Gasteiger partial charge in [-0.05, 0) is 61.2 Å². The van der Waals surface area contributed by atoms with Crippen molar-refractivity contribution in [2.45, 2.75) is 64.8 Å². The van der Waals surface area contributed by atoms with Crippen LogP contribution in [0, 0.1) is 17.6 Å². The fraction of sp³-hybridized carbons (Fsp3) is 0.364. The van der Waals surface area contributed by atoms with Crippen LogP contribution in [0.15, 0.2) is 79.5 Å². The first-order valence-corrected chi connectivity index (χ1v) is 15.1. The molecule has 43 heavy (non-hydrogen) atoms. The monoisotopic (exact) mass is 606 g/mol. The maximum atomic E-state index is 15.1. The molecule has 7 nitrogen and oxygen atoms in total. The maximum Gasteiger partial charge on any atom is 0.137 e. The van der Waals surface area contributed by atoms with E-state index in [2.05, 4.69) is 53.1 Å². The molecule has 0 aliphatic rings. The van der Waals surface area contributed by atoms with Crippen molar-refractivity contribution < 1.29 is 13.9 Å². The zero-order valence-corrected chi connectivity index (χ0v) is 25.4. The Morgan fingerprint density at radius 1 is 1.02 bits per heavy atom. The zero-order valence-electron chi connectivity index (χ0n) is 24.7. The number of fused-ring (bicyclic) bond motifs is 1. The van der Waals surface area contributed by atoms with Gasteiger partial charge < -0.3 is 10.0 Å². The highest BCUT2D eigenvalue weighted by Crippen LogP contribution is 2.37. The second-order valence-corrected chi connectivity index (χ2v) is 11.6. The van der Waals surface area contributed by atoms with Gasteiger partial charge in [0.25, 0.3) is 0 Å². The predicted octanol–water partition coefficient (Wildman–Crippen LogP) is 7.54. The molecule has 0 saturated carbocycles. The highest BCUT2D eigenvalue weighted by molar-refractivity contribution is 6.30. The van der Waals surface area contributed by atoms with Gasteiger partial charge in [0.05, 0.1) is 18.1 Å². The van der Waals surface area contributed by atoms with E-state index >= 15 is 4.39 Å². The molecule has 10 heteroatoms. The minimum absolute atomic E-state index is 0.0484. The summed E-state index contributed by atoms with van der Waals surface area (Å²) in [6.45, 7) is 7.75. The molecule has 0 saturated heterocycles. The molecular formula is C33H37ClF2N6O. The molecule has 226 valence electrons. The van der Waals surface area contributed by atoms with Gasteiger partial charge in [0.1, 0.15) is 29.9 Å². The smallest absolute Gasteiger partial charge is 0.137 e.